The van der Waals surface area contributed by atoms with Gasteiger partial charge in [-0.1, -0.05) is 25.7 Å². The lowest BCUT2D eigenvalue weighted by Crippen LogP contribution is -2.28. The molecule has 0 saturated heterocycles. The summed E-state index contributed by atoms with van der Waals surface area (Å²) in [6.07, 6.45) is 9.76. The van der Waals surface area contributed by atoms with Gasteiger partial charge in [0.15, 0.2) is 0 Å². The minimum atomic E-state index is 0.401. The summed E-state index contributed by atoms with van der Waals surface area (Å²) in [4.78, 5) is 0. The highest BCUT2D eigenvalue weighted by atomic mass is 35.5. The lowest BCUT2D eigenvalue weighted by Gasteiger charge is -2.39. The maximum Gasteiger partial charge on any atom is 0.148 e. The average Bonchev–Trinajstić information content (AvgIpc) is 2.91. The van der Waals surface area contributed by atoms with Crippen LogP contribution in [0.5, 0.6) is 0 Å². The molecule has 3 nitrogen and oxygen atoms in total. The van der Waals surface area contributed by atoms with Gasteiger partial charge in [-0.15, -0.1) is 21.8 Å². The fourth-order valence-electron chi connectivity index (χ4n) is 4.38. The molecular formula is C16H26ClN3. The number of alkyl halides is 1. The fourth-order valence-corrected chi connectivity index (χ4v) is 4.56. The molecule has 1 aromatic rings. The van der Waals surface area contributed by atoms with E-state index in [9.17, 15) is 0 Å². The number of nitrogens with zero attached hydrogens (tertiary/aromatic N) is 3. The number of hydrogen-bond donors (Lipinski definition) is 0. The van der Waals surface area contributed by atoms with E-state index in [-0.39, 0.29) is 0 Å². The Labute approximate surface area is 127 Å². The predicted molar refractivity (Wildman–Crippen MR) is 82.0 cm³/mol. The third kappa shape index (κ3) is 2.61. The molecule has 2 aliphatic carbocycles. The Bertz CT molecular complexity index is 455. The van der Waals surface area contributed by atoms with Gasteiger partial charge in [-0.05, 0) is 44.9 Å². The van der Waals surface area contributed by atoms with Crippen LogP contribution in [0.3, 0.4) is 0 Å². The van der Waals surface area contributed by atoms with Crippen molar-refractivity contribution in [2.24, 2.45) is 11.8 Å². The van der Waals surface area contributed by atoms with Crippen molar-refractivity contribution in [2.45, 2.75) is 76.6 Å². The molecule has 3 atom stereocenters. The van der Waals surface area contributed by atoms with Crippen molar-refractivity contribution in [3.8, 4) is 0 Å². The minimum Gasteiger partial charge on any atom is -0.311 e. The first-order valence-corrected chi connectivity index (χ1v) is 8.73. The van der Waals surface area contributed by atoms with Gasteiger partial charge in [-0.25, -0.2) is 0 Å². The van der Waals surface area contributed by atoms with Crippen LogP contribution in [0.15, 0.2) is 0 Å². The maximum absolute atomic E-state index is 6.02. The van der Waals surface area contributed by atoms with E-state index in [1.54, 1.807) is 0 Å². The quantitative estimate of drug-likeness (QED) is 0.759. The topological polar surface area (TPSA) is 30.7 Å². The van der Waals surface area contributed by atoms with Crippen molar-refractivity contribution in [3.05, 3.63) is 11.6 Å². The molecule has 0 amide bonds. The second kappa shape index (κ2) is 6.05. The molecule has 0 aromatic carbocycles. The van der Waals surface area contributed by atoms with Gasteiger partial charge in [0.25, 0.3) is 0 Å². The fraction of sp³-hybridized carbons (Fsp3) is 0.875. The van der Waals surface area contributed by atoms with E-state index in [1.807, 2.05) is 0 Å². The van der Waals surface area contributed by atoms with E-state index >= 15 is 0 Å². The largest absolute Gasteiger partial charge is 0.311 e. The Kier molecular flexibility index (Phi) is 4.34. The predicted octanol–water partition coefficient (Wildman–Crippen LogP) is 4.67. The van der Waals surface area contributed by atoms with Crippen molar-refractivity contribution >= 4 is 11.6 Å². The van der Waals surface area contributed by atoms with Crippen LogP contribution in [0.2, 0.25) is 0 Å². The normalized spacial score (nSPS) is 30.5. The van der Waals surface area contributed by atoms with Gasteiger partial charge in [0.2, 0.25) is 0 Å². The molecule has 2 saturated carbocycles. The second-order valence-electron chi connectivity index (χ2n) is 6.89. The summed E-state index contributed by atoms with van der Waals surface area (Å²) in [6, 6.07) is 0.401. The third-order valence-electron chi connectivity index (χ3n) is 5.33. The Morgan fingerprint density at radius 1 is 1.10 bits per heavy atom. The van der Waals surface area contributed by atoms with E-state index < -0.39 is 0 Å². The molecule has 20 heavy (non-hydrogen) atoms. The maximum atomic E-state index is 6.02. The van der Waals surface area contributed by atoms with Crippen LogP contribution in [-0.4, -0.2) is 14.8 Å². The molecular weight excluding hydrogens is 270 g/mol. The summed E-state index contributed by atoms with van der Waals surface area (Å²) in [7, 11) is 0. The zero-order valence-corrected chi connectivity index (χ0v) is 13.4. The van der Waals surface area contributed by atoms with Crippen LogP contribution in [0, 0.1) is 11.8 Å². The third-order valence-corrected chi connectivity index (χ3v) is 5.57. The molecule has 2 aliphatic rings. The van der Waals surface area contributed by atoms with Crippen molar-refractivity contribution in [3.63, 3.8) is 0 Å². The highest BCUT2D eigenvalue weighted by Gasteiger charge is 2.35. The van der Waals surface area contributed by atoms with Crippen LogP contribution in [0.4, 0.5) is 0 Å². The molecule has 4 heteroatoms. The van der Waals surface area contributed by atoms with Crippen LogP contribution >= 0.6 is 11.6 Å². The van der Waals surface area contributed by atoms with E-state index in [1.165, 1.54) is 50.8 Å². The number of rotatable bonds is 3. The highest BCUT2D eigenvalue weighted by Crippen LogP contribution is 2.46. The summed E-state index contributed by atoms with van der Waals surface area (Å²) >= 11 is 6.02. The molecule has 0 N–H and O–H groups in total. The van der Waals surface area contributed by atoms with Crippen molar-refractivity contribution in [1.29, 1.82) is 0 Å². The van der Waals surface area contributed by atoms with Crippen molar-refractivity contribution in [2.75, 3.05) is 0 Å². The van der Waals surface area contributed by atoms with E-state index in [0.717, 1.165) is 17.7 Å². The van der Waals surface area contributed by atoms with Crippen molar-refractivity contribution in [1.82, 2.24) is 14.8 Å². The van der Waals surface area contributed by atoms with Crippen LogP contribution in [0.25, 0.3) is 0 Å². The smallest absolute Gasteiger partial charge is 0.148 e. The summed E-state index contributed by atoms with van der Waals surface area (Å²) in [6.45, 7) is 4.41. The average molecular weight is 296 g/mol. The van der Waals surface area contributed by atoms with Crippen molar-refractivity contribution < 1.29 is 0 Å². The molecule has 0 aliphatic heterocycles. The van der Waals surface area contributed by atoms with Crippen LogP contribution < -0.4 is 0 Å². The summed E-state index contributed by atoms with van der Waals surface area (Å²) in [5, 5.41) is 8.81. The summed E-state index contributed by atoms with van der Waals surface area (Å²) < 4.78 is 2.28. The second-order valence-corrected chi connectivity index (χ2v) is 7.15. The van der Waals surface area contributed by atoms with Gasteiger partial charge in [0.05, 0.1) is 5.88 Å². The molecule has 1 aromatic heterocycles. The Morgan fingerprint density at radius 3 is 2.55 bits per heavy atom. The number of fused-ring (bicyclic) bond motifs is 1. The van der Waals surface area contributed by atoms with Gasteiger partial charge in [-0.2, -0.15) is 0 Å². The first kappa shape index (κ1) is 14.4. The molecule has 0 bridgehead atoms. The summed E-state index contributed by atoms with van der Waals surface area (Å²) in [5.74, 6) is 5.11. The van der Waals surface area contributed by atoms with E-state index in [4.69, 9.17) is 11.6 Å². The van der Waals surface area contributed by atoms with Gasteiger partial charge in [0.1, 0.15) is 11.6 Å². The first-order valence-electron chi connectivity index (χ1n) is 8.20. The Balaban J connectivity index is 1.81. The molecule has 3 unspecified atom stereocenters. The lowest BCUT2D eigenvalue weighted by molar-refractivity contribution is 0.151. The standard InChI is InChI=1S/C16H26ClN3/c1-11(2)20-15(10-17)18-19-16(20)14-8-7-12-5-3-4-6-13(12)9-14/h11-14H,3-10H2,1-2H3. The zero-order valence-electron chi connectivity index (χ0n) is 12.7. The number of aromatic nitrogens is 3. The lowest BCUT2D eigenvalue weighted by atomic mass is 9.67. The van der Waals surface area contributed by atoms with Gasteiger partial charge in [0, 0.05) is 12.0 Å². The molecule has 2 fully saturated rings. The van der Waals surface area contributed by atoms with Crippen LogP contribution in [0.1, 0.15) is 82.4 Å². The summed E-state index contributed by atoms with van der Waals surface area (Å²) in [5.41, 5.74) is 0. The Hall–Kier alpha value is -0.570. The molecule has 3 rings (SSSR count). The molecule has 1 heterocycles. The molecule has 0 spiro atoms. The highest BCUT2D eigenvalue weighted by molar-refractivity contribution is 6.16. The first-order chi connectivity index (χ1) is 9.70. The van der Waals surface area contributed by atoms with Crippen LogP contribution in [-0.2, 0) is 5.88 Å². The monoisotopic (exact) mass is 295 g/mol. The SMILES string of the molecule is CC(C)n1c(CCl)nnc1C1CCC2CCCCC2C1. The number of hydrogen-bond acceptors (Lipinski definition) is 2. The number of halogens is 1. The van der Waals surface area contributed by atoms with Gasteiger partial charge < -0.3 is 4.57 Å². The molecule has 112 valence electrons. The van der Waals surface area contributed by atoms with Gasteiger partial charge >= 0.3 is 0 Å². The zero-order chi connectivity index (χ0) is 14.1. The van der Waals surface area contributed by atoms with Gasteiger partial charge in [-0.3, -0.25) is 0 Å². The Morgan fingerprint density at radius 2 is 1.85 bits per heavy atom. The van der Waals surface area contributed by atoms with E-state index in [0.29, 0.717) is 17.8 Å². The minimum absolute atomic E-state index is 0.401. The van der Waals surface area contributed by atoms with E-state index in [2.05, 4.69) is 28.6 Å². The molecule has 0 radical (unpaired) electrons.